The maximum atomic E-state index is 10.7. The van der Waals surface area contributed by atoms with E-state index in [9.17, 15) is 8.42 Å². The second-order valence-electron chi connectivity index (χ2n) is 2.93. The monoisotopic (exact) mass is 226 g/mol. The zero-order chi connectivity index (χ0) is 10.1. The molecule has 2 rings (SSSR count). The molecule has 0 N–H and O–H groups in total. The summed E-state index contributed by atoms with van der Waals surface area (Å²) in [4.78, 5) is 0.329. The van der Waals surface area contributed by atoms with Gasteiger partial charge in [0.25, 0.3) is 0 Å². The van der Waals surface area contributed by atoms with E-state index in [2.05, 4.69) is 0 Å². The molecule has 0 saturated heterocycles. The molecule has 0 aliphatic rings. The van der Waals surface area contributed by atoms with E-state index in [1.165, 1.54) is 0 Å². The van der Waals surface area contributed by atoms with Crippen LogP contribution in [0.4, 0.5) is 0 Å². The summed E-state index contributed by atoms with van der Waals surface area (Å²) >= 11 is 5.80. The van der Waals surface area contributed by atoms with Crippen LogP contribution in [0.2, 0.25) is 5.02 Å². The summed E-state index contributed by atoms with van der Waals surface area (Å²) in [5.74, 6) is 0. The highest BCUT2D eigenvalue weighted by Gasteiger charge is 1.98. The van der Waals surface area contributed by atoms with Gasteiger partial charge >= 0.3 is 0 Å². The van der Waals surface area contributed by atoms with E-state index in [-0.39, 0.29) is 0 Å². The maximum Gasteiger partial charge on any atom is 0.168 e. The van der Waals surface area contributed by atoms with Gasteiger partial charge in [-0.05, 0) is 35.0 Å². The Morgan fingerprint density at radius 3 is 2.29 bits per heavy atom. The van der Waals surface area contributed by atoms with Gasteiger partial charge in [0.2, 0.25) is 0 Å². The zero-order valence-electron chi connectivity index (χ0n) is 7.11. The Morgan fingerprint density at radius 1 is 0.929 bits per heavy atom. The number of hydrogen-bond donors (Lipinski definition) is 1. The minimum absolute atomic E-state index is 0.329. The molecule has 0 amide bonds. The minimum Gasteiger partial charge on any atom is -0.227 e. The summed E-state index contributed by atoms with van der Waals surface area (Å²) < 4.78 is 21.4. The highest BCUT2D eigenvalue weighted by molar-refractivity contribution is 7.72. The van der Waals surface area contributed by atoms with Crippen LogP contribution in [0.3, 0.4) is 0 Å². The zero-order valence-corrected chi connectivity index (χ0v) is 8.76. The van der Waals surface area contributed by atoms with E-state index in [1.54, 1.807) is 36.4 Å². The Bertz CT molecular complexity index is 553. The predicted octanol–water partition coefficient (Wildman–Crippen LogP) is 2.46. The average Bonchev–Trinajstić information content (AvgIpc) is 2.16. The first kappa shape index (κ1) is 9.49. The van der Waals surface area contributed by atoms with Crippen molar-refractivity contribution in [2.75, 3.05) is 0 Å². The molecule has 0 atom stereocenters. The third kappa shape index (κ3) is 1.74. The van der Waals surface area contributed by atoms with Crippen LogP contribution in [-0.2, 0) is 10.7 Å². The molecule has 0 fully saturated rings. The maximum absolute atomic E-state index is 10.7. The van der Waals surface area contributed by atoms with Gasteiger partial charge in [-0.25, -0.2) is 8.42 Å². The van der Waals surface area contributed by atoms with Gasteiger partial charge in [0.15, 0.2) is 10.7 Å². The second kappa shape index (κ2) is 3.59. The van der Waals surface area contributed by atoms with Gasteiger partial charge in [0, 0.05) is 5.02 Å². The van der Waals surface area contributed by atoms with E-state index in [1.807, 2.05) is 0 Å². The molecule has 4 heteroatoms. The van der Waals surface area contributed by atoms with Gasteiger partial charge in [0.05, 0.1) is 4.90 Å². The first-order chi connectivity index (χ1) is 6.66. The summed E-state index contributed by atoms with van der Waals surface area (Å²) in [7, 11) is -2.51. The summed E-state index contributed by atoms with van der Waals surface area (Å²) in [6.07, 6.45) is 0. The van der Waals surface area contributed by atoms with Crippen LogP contribution >= 0.6 is 11.6 Å². The molecule has 72 valence electrons. The van der Waals surface area contributed by atoms with Crippen LogP contribution in [-0.4, -0.2) is 8.42 Å². The second-order valence-corrected chi connectivity index (χ2v) is 4.40. The van der Waals surface area contributed by atoms with Crippen LogP contribution < -0.4 is 0 Å². The van der Waals surface area contributed by atoms with E-state index in [0.717, 1.165) is 10.8 Å². The smallest absolute Gasteiger partial charge is 0.168 e. The van der Waals surface area contributed by atoms with Crippen molar-refractivity contribution >= 4 is 33.1 Å². The molecule has 0 bridgehead atoms. The van der Waals surface area contributed by atoms with Gasteiger partial charge in [0.1, 0.15) is 0 Å². The molecular formula is C10H7ClO2S. The van der Waals surface area contributed by atoms with Crippen molar-refractivity contribution in [3.05, 3.63) is 41.4 Å². The third-order valence-electron chi connectivity index (χ3n) is 2.00. The fraction of sp³-hybridized carbons (Fsp3) is 0. The van der Waals surface area contributed by atoms with Gasteiger partial charge in [-0.15, -0.1) is 0 Å². The molecule has 0 spiro atoms. The number of thiol groups is 1. The molecule has 0 aliphatic carbocycles. The van der Waals surface area contributed by atoms with Crippen LogP contribution in [0.5, 0.6) is 0 Å². The number of fused-ring (bicyclic) bond motifs is 1. The van der Waals surface area contributed by atoms with Crippen LogP contribution in [0.25, 0.3) is 10.8 Å². The summed E-state index contributed by atoms with van der Waals surface area (Å²) in [5, 5.41) is 2.47. The quantitative estimate of drug-likeness (QED) is 0.758. The van der Waals surface area contributed by atoms with Gasteiger partial charge in [-0.2, -0.15) is 0 Å². The van der Waals surface area contributed by atoms with Crippen molar-refractivity contribution in [2.24, 2.45) is 0 Å². The highest BCUT2D eigenvalue weighted by Crippen LogP contribution is 2.20. The van der Waals surface area contributed by atoms with Crippen molar-refractivity contribution in [3.63, 3.8) is 0 Å². The Labute approximate surface area is 88.1 Å². The van der Waals surface area contributed by atoms with Crippen molar-refractivity contribution in [2.45, 2.75) is 4.90 Å². The normalized spacial score (nSPS) is 11.0. The lowest BCUT2D eigenvalue weighted by molar-refractivity contribution is 0.614. The molecule has 0 saturated carbocycles. The number of benzene rings is 2. The predicted molar refractivity (Wildman–Crippen MR) is 57.5 cm³/mol. The lowest BCUT2D eigenvalue weighted by Crippen LogP contribution is -1.80. The Kier molecular flexibility index (Phi) is 2.44. The third-order valence-corrected chi connectivity index (χ3v) is 2.93. The lowest BCUT2D eigenvalue weighted by Gasteiger charge is -1.98. The van der Waals surface area contributed by atoms with E-state index in [4.69, 9.17) is 11.6 Å². The molecule has 0 heterocycles. The van der Waals surface area contributed by atoms with Crippen molar-refractivity contribution < 1.29 is 8.42 Å². The lowest BCUT2D eigenvalue weighted by atomic mass is 10.1. The van der Waals surface area contributed by atoms with E-state index in [0.29, 0.717) is 9.92 Å². The summed E-state index contributed by atoms with van der Waals surface area (Å²) in [6, 6.07) is 10.3. The van der Waals surface area contributed by atoms with Crippen molar-refractivity contribution in [1.29, 1.82) is 0 Å². The summed E-state index contributed by atoms with van der Waals surface area (Å²) in [6.45, 7) is 0. The van der Waals surface area contributed by atoms with E-state index >= 15 is 0 Å². The minimum atomic E-state index is -2.51. The molecule has 0 aliphatic heterocycles. The standard InChI is InChI=1S/C10H7ClO2S/c11-9-3-1-8-6-10(14(12)13)4-2-7(8)5-9/h1-6,14H. The van der Waals surface area contributed by atoms with Gasteiger partial charge in [-0.3, -0.25) is 0 Å². The molecule has 0 aromatic heterocycles. The Balaban J connectivity index is 2.73. The van der Waals surface area contributed by atoms with Crippen LogP contribution in [0.1, 0.15) is 0 Å². The Morgan fingerprint density at radius 2 is 1.57 bits per heavy atom. The topological polar surface area (TPSA) is 34.1 Å². The SMILES string of the molecule is O=[SH](=O)c1ccc2cc(Cl)ccc2c1. The first-order valence-corrected chi connectivity index (χ1v) is 5.56. The number of halogens is 1. The average molecular weight is 227 g/mol. The number of hydrogen-bond acceptors (Lipinski definition) is 2. The first-order valence-electron chi connectivity index (χ1n) is 4.00. The van der Waals surface area contributed by atoms with Gasteiger partial charge < -0.3 is 0 Å². The molecule has 0 unspecified atom stereocenters. The molecule has 14 heavy (non-hydrogen) atoms. The van der Waals surface area contributed by atoms with Crippen LogP contribution in [0, 0.1) is 0 Å². The van der Waals surface area contributed by atoms with Crippen molar-refractivity contribution in [1.82, 2.24) is 0 Å². The van der Waals surface area contributed by atoms with Crippen LogP contribution in [0.15, 0.2) is 41.3 Å². The molecule has 2 aromatic carbocycles. The molecule has 0 radical (unpaired) electrons. The fourth-order valence-corrected chi connectivity index (χ4v) is 1.94. The summed E-state index contributed by atoms with van der Waals surface area (Å²) in [5.41, 5.74) is 0. The molecule has 2 nitrogen and oxygen atoms in total. The largest absolute Gasteiger partial charge is 0.227 e. The molecule has 2 aromatic rings. The Hall–Kier alpha value is -1.06. The number of rotatable bonds is 1. The molecular weight excluding hydrogens is 220 g/mol. The van der Waals surface area contributed by atoms with Crippen molar-refractivity contribution in [3.8, 4) is 0 Å². The fourth-order valence-electron chi connectivity index (χ4n) is 1.32. The highest BCUT2D eigenvalue weighted by atomic mass is 35.5. The van der Waals surface area contributed by atoms with Gasteiger partial charge in [-0.1, -0.05) is 23.7 Å². The van der Waals surface area contributed by atoms with E-state index < -0.39 is 10.7 Å².